The number of carbonyl (C=O) groups is 1. The van der Waals surface area contributed by atoms with Gasteiger partial charge in [-0.2, -0.15) is 0 Å². The lowest BCUT2D eigenvalue weighted by Crippen LogP contribution is -2.27. The Morgan fingerprint density at radius 3 is 2.76 bits per heavy atom. The van der Waals surface area contributed by atoms with Crippen LogP contribution in [0, 0.1) is 0 Å². The van der Waals surface area contributed by atoms with Gasteiger partial charge in [0, 0.05) is 37.8 Å². The molecule has 0 radical (unpaired) electrons. The smallest absolute Gasteiger partial charge is 0.252 e. The third kappa shape index (κ3) is 2.94. The molecular weight excluding hydrogens is 268 g/mol. The van der Waals surface area contributed by atoms with Crippen LogP contribution in [0.25, 0.3) is 0 Å². The van der Waals surface area contributed by atoms with Crippen molar-refractivity contribution < 1.29 is 9.53 Å². The van der Waals surface area contributed by atoms with E-state index in [1.807, 2.05) is 18.2 Å². The van der Waals surface area contributed by atoms with Crippen molar-refractivity contribution in [3.8, 4) is 5.75 Å². The monoisotopic (exact) mass is 284 g/mol. The van der Waals surface area contributed by atoms with Crippen LogP contribution in [-0.2, 0) is 0 Å². The summed E-state index contributed by atoms with van der Waals surface area (Å²) in [6.45, 7) is 1.53. The molecule has 1 amide bonds. The molecule has 108 valence electrons. The van der Waals surface area contributed by atoms with Crippen LogP contribution >= 0.6 is 0 Å². The average Bonchev–Trinajstić information content (AvgIpc) is 2.96. The zero-order valence-corrected chi connectivity index (χ0v) is 11.5. The maximum absolute atomic E-state index is 11.5. The number of primary amides is 1. The largest absolute Gasteiger partial charge is 0.488 e. The second kappa shape index (κ2) is 5.78. The number of hydrogen-bond acceptors (Lipinski definition) is 5. The van der Waals surface area contributed by atoms with E-state index in [-0.39, 0.29) is 6.10 Å². The number of anilines is 1. The quantitative estimate of drug-likeness (QED) is 0.913. The summed E-state index contributed by atoms with van der Waals surface area (Å²) in [7, 11) is 0. The number of rotatable bonds is 4. The van der Waals surface area contributed by atoms with Gasteiger partial charge in [-0.3, -0.25) is 14.8 Å². The van der Waals surface area contributed by atoms with Crippen LogP contribution in [0.4, 0.5) is 5.69 Å². The van der Waals surface area contributed by atoms with Gasteiger partial charge in [-0.25, -0.2) is 0 Å². The van der Waals surface area contributed by atoms with Gasteiger partial charge in [0.2, 0.25) is 0 Å². The number of amides is 1. The normalized spacial score (nSPS) is 17.7. The van der Waals surface area contributed by atoms with E-state index in [2.05, 4.69) is 14.9 Å². The van der Waals surface area contributed by atoms with Crippen molar-refractivity contribution in [1.29, 1.82) is 0 Å². The Morgan fingerprint density at radius 1 is 1.24 bits per heavy atom. The molecule has 0 saturated carbocycles. The van der Waals surface area contributed by atoms with Crippen molar-refractivity contribution in [2.45, 2.75) is 12.5 Å². The minimum absolute atomic E-state index is 0.0845. The zero-order valence-electron chi connectivity index (χ0n) is 11.5. The third-order valence-electron chi connectivity index (χ3n) is 3.50. The molecule has 1 saturated heterocycles. The molecule has 21 heavy (non-hydrogen) atoms. The molecule has 2 aromatic heterocycles. The molecule has 2 aromatic rings. The number of ether oxygens (including phenoxy) is 1. The van der Waals surface area contributed by atoms with Crippen molar-refractivity contribution in [2.24, 2.45) is 5.73 Å². The van der Waals surface area contributed by atoms with Crippen LogP contribution in [-0.4, -0.2) is 35.1 Å². The van der Waals surface area contributed by atoms with Crippen molar-refractivity contribution in [3.63, 3.8) is 0 Å². The first-order chi connectivity index (χ1) is 10.2. The summed E-state index contributed by atoms with van der Waals surface area (Å²) in [5.41, 5.74) is 6.66. The van der Waals surface area contributed by atoms with Gasteiger partial charge >= 0.3 is 0 Å². The summed E-state index contributed by atoms with van der Waals surface area (Å²) < 4.78 is 5.91. The molecule has 1 fully saturated rings. The lowest BCUT2D eigenvalue weighted by atomic mass is 10.2. The van der Waals surface area contributed by atoms with Gasteiger partial charge in [-0.05, 0) is 18.2 Å². The molecule has 3 rings (SSSR count). The molecule has 0 aliphatic carbocycles. The minimum atomic E-state index is -0.461. The first-order valence-electron chi connectivity index (χ1n) is 6.79. The van der Waals surface area contributed by atoms with E-state index in [4.69, 9.17) is 10.5 Å². The maximum atomic E-state index is 11.5. The van der Waals surface area contributed by atoms with E-state index in [0.29, 0.717) is 12.1 Å². The van der Waals surface area contributed by atoms with E-state index >= 15 is 0 Å². The molecule has 1 unspecified atom stereocenters. The van der Waals surface area contributed by atoms with E-state index in [0.717, 1.165) is 24.4 Å². The van der Waals surface area contributed by atoms with E-state index in [9.17, 15) is 4.79 Å². The fourth-order valence-corrected chi connectivity index (χ4v) is 2.51. The highest BCUT2D eigenvalue weighted by molar-refractivity contribution is 5.98. The summed E-state index contributed by atoms with van der Waals surface area (Å²) in [6.07, 6.45) is 7.56. The molecule has 1 aliphatic heterocycles. The highest BCUT2D eigenvalue weighted by atomic mass is 16.5. The highest BCUT2D eigenvalue weighted by Gasteiger charge is 2.26. The van der Waals surface area contributed by atoms with Crippen LogP contribution < -0.4 is 15.4 Å². The first-order valence-corrected chi connectivity index (χ1v) is 6.79. The van der Waals surface area contributed by atoms with Crippen molar-refractivity contribution in [3.05, 3.63) is 48.5 Å². The Bertz CT molecular complexity index is 633. The van der Waals surface area contributed by atoms with Crippen LogP contribution in [0.3, 0.4) is 0 Å². The molecule has 0 bridgehead atoms. The fourth-order valence-electron chi connectivity index (χ4n) is 2.51. The predicted octanol–water partition coefficient (Wildman–Crippen LogP) is 1.23. The molecule has 1 atom stereocenters. The Balaban J connectivity index is 1.71. The second-order valence-corrected chi connectivity index (χ2v) is 4.91. The van der Waals surface area contributed by atoms with Crippen LogP contribution in [0.2, 0.25) is 0 Å². The first kappa shape index (κ1) is 13.4. The van der Waals surface area contributed by atoms with Gasteiger partial charge in [-0.15, -0.1) is 0 Å². The second-order valence-electron chi connectivity index (χ2n) is 4.91. The number of nitrogens with two attached hydrogens (primary N) is 1. The SMILES string of the molecule is NC(=O)c1cnccc1N1CCC(Oc2ccncc2)C1. The van der Waals surface area contributed by atoms with E-state index < -0.39 is 5.91 Å². The standard InChI is InChI=1S/C15H16N4O2/c16-15(20)13-9-18-7-3-14(13)19-8-4-12(10-19)21-11-1-5-17-6-2-11/h1-3,5-7,9,12H,4,8,10H2,(H2,16,20). The zero-order chi connectivity index (χ0) is 14.7. The molecule has 0 aromatic carbocycles. The Hall–Kier alpha value is -2.63. The maximum Gasteiger partial charge on any atom is 0.252 e. The summed E-state index contributed by atoms with van der Waals surface area (Å²) in [4.78, 5) is 21.5. The van der Waals surface area contributed by atoms with Gasteiger partial charge in [-0.1, -0.05) is 0 Å². The molecule has 3 heterocycles. The summed E-state index contributed by atoms with van der Waals surface area (Å²) in [5, 5.41) is 0. The molecule has 1 aliphatic rings. The topological polar surface area (TPSA) is 81.3 Å². The Kier molecular flexibility index (Phi) is 3.68. The van der Waals surface area contributed by atoms with Gasteiger partial charge in [0.25, 0.3) is 5.91 Å². The third-order valence-corrected chi connectivity index (χ3v) is 3.50. The summed E-state index contributed by atoms with van der Waals surface area (Å²) >= 11 is 0. The Labute approximate surface area is 122 Å². The van der Waals surface area contributed by atoms with E-state index in [1.54, 1.807) is 18.6 Å². The minimum Gasteiger partial charge on any atom is -0.488 e. The van der Waals surface area contributed by atoms with Gasteiger partial charge < -0.3 is 15.4 Å². The van der Waals surface area contributed by atoms with Crippen LogP contribution in [0.1, 0.15) is 16.8 Å². The molecule has 6 heteroatoms. The average molecular weight is 284 g/mol. The number of hydrogen-bond donors (Lipinski definition) is 1. The molecular formula is C15H16N4O2. The predicted molar refractivity (Wildman–Crippen MR) is 78.2 cm³/mol. The van der Waals surface area contributed by atoms with E-state index in [1.165, 1.54) is 6.20 Å². The van der Waals surface area contributed by atoms with Gasteiger partial charge in [0.1, 0.15) is 11.9 Å². The molecule has 0 spiro atoms. The lowest BCUT2D eigenvalue weighted by Gasteiger charge is -2.20. The lowest BCUT2D eigenvalue weighted by molar-refractivity contribution is 0.100. The summed E-state index contributed by atoms with van der Waals surface area (Å²) in [6, 6.07) is 5.49. The summed E-state index contributed by atoms with van der Waals surface area (Å²) in [5.74, 6) is 0.346. The fraction of sp³-hybridized carbons (Fsp3) is 0.267. The molecule has 6 nitrogen and oxygen atoms in total. The van der Waals surface area contributed by atoms with Gasteiger partial charge in [0.05, 0.1) is 17.8 Å². The number of carbonyl (C=O) groups excluding carboxylic acids is 1. The highest BCUT2D eigenvalue weighted by Crippen LogP contribution is 2.25. The molecule has 2 N–H and O–H groups in total. The number of nitrogens with zero attached hydrogens (tertiary/aromatic N) is 3. The van der Waals surface area contributed by atoms with Crippen molar-refractivity contribution in [2.75, 3.05) is 18.0 Å². The van der Waals surface area contributed by atoms with Crippen LogP contribution in [0.5, 0.6) is 5.75 Å². The Morgan fingerprint density at radius 2 is 2.00 bits per heavy atom. The number of pyridine rings is 2. The van der Waals surface area contributed by atoms with Crippen molar-refractivity contribution in [1.82, 2.24) is 9.97 Å². The van der Waals surface area contributed by atoms with Gasteiger partial charge in [0.15, 0.2) is 0 Å². The van der Waals surface area contributed by atoms with Crippen molar-refractivity contribution >= 4 is 11.6 Å². The van der Waals surface area contributed by atoms with Crippen LogP contribution in [0.15, 0.2) is 43.0 Å². The number of aromatic nitrogens is 2.